The van der Waals surface area contributed by atoms with Crippen LogP contribution in [0.5, 0.6) is 0 Å². The molecular weight excluding hydrogens is 903 g/mol. The normalized spacial score (nSPS) is 26.6. The molecule has 0 heterocycles. The third-order valence-corrected chi connectivity index (χ3v) is 9.62. The Balaban J connectivity index is 4.14. The minimum atomic E-state index is -2.00. The summed E-state index contributed by atoms with van der Waals surface area (Å²) in [5.74, 6) is -4.16. The zero-order valence-corrected chi connectivity index (χ0v) is 24.5. The predicted molar refractivity (Wildman–Crippen MR) is 121 cm³/mol. The molecule has 0 aliphatic heterocycles. The van der Waals surface area contributed by atoms with Crippen LogP contribution in [0.1, 0.15) is 0 Å². The number of alkyl halides is 6. The van der Waals surface area contributed by atoms with Crippen LogP contribution in [-0.2, 0) is 9.59 Å². The van der Waals surface area contributed by atoms with Crippen molar-refractivity contribution in [2.75, 3.05) is 0 Å². The van der Waals surface area contributed by atoms with Gasteiger partial charge in [0.15, 0.2) is 4.29 Å². The van der Waals surface area contributed by atoms with Crippen LogP contribution in [0.4, 0.5) is 0 Å². The molecule has 2 atom stereocenters. The van der Waals surface area contributed by atoms with Crippen LogP contribution in [0.2, 0.25) is 0 Å². The van der Waals surface area contributed by atoms with E-state index in [4.69, 9.17) is 0 Å². The fourth-order valence-corrected chi connectivity index (χ4v) is 8.52. The third kappa shape index (κ3) is 4.12. The van der Waals surface area contributed by atoms with Gasteiger partial charge in [0.05, 0.1) is 0 Å². The van der Waals surface area contributed by atoms with Gasteiger partial charge >= 0.3 is 11.9 Å². The predicted octanol–water partition coefficient (Wildman–Crippen LogP) is 7.10. The molecule has 4 nitrogen and oxygen atoms in total. The highest BCUT2D eigenvalue weighted by atomic mass is 80.0. The number of carboxylic acids is 2. The molecule has 23 heavy (non-hydrogen) atoms. The minimum absolute atomic E-state index is 0.169. The largest absolute Gasteiger partial charge is 0.481 e. The molecule has 0 radical (unpaired) electrons. The highest BCUT2D eigenvalue weighted by Gasteiger charge is 2.69. The van der Waals surface area contributed by atoms with Gasteiger partial charge in [-0.15, -0.1) is 0 Å². The van der Waals surface area contributed by atoms with Crippen molar-refractivity contribution in [1.29, 1.82) is 0 Å². The van der Waals surface area contributed by atoms with Gasteiger partial charge in [-0.25, -0.2) is 0 Å². The summed E-state index contributed by atoms with van der Waals surface area (Å²) in [6, 6.07) is 0. The molecule has 13 heteroatoms. The smallest absolute Gasteiger partial charge is 0.318 e. The Morgan fingerprint density at radius 2 is 1.35 bits per heavy atom. The highest BCUT2D eigenvalue weighted by molar-refractivity contribution is 9.40. The summed E-state index contributed by atoms with van der Waals surface area (Å²) < 4.78 is -1.78. The van der Waals surface area contributed by atoms with E-state index in [0.29, 0.717) is 8.96 Å². The van der Waals surface area contributed by atoms with E-state index in [-0.39, 0.29) is 10.1 Å². The Morgan fingerprint density at radius 3 is 1.61 bits per heavy atom. The van der Waals surface area contributed by atoms with E-state index < -0.39 is 27.6 Å². The van der Waals surface area contributed by atoms with E-state index in [9.17, 15) is 19.8 Å². The van der Waals surface area contributed by atoms with Crippen molar-refractivity contribution in [2.24, 2.45) is 11.3 Å². The van der Waals surface area contributed by atoms with Gasteiger partial charge in [0.25, 0.3) is 0 Å². The molecule has 2 N–H and O–H groups in total. The van der Waals surface area contributed by atoms with Crippen LogP contribution in [0.25, 0.3) is 0 Å². The number of hydrogen-bond acceptors (Lipinski definition) is 2. The number of allylic oxidation sites excluding steroid dienone is 2. The lowest BCUT2D eigenvalue weighted by molar-refractivity contribution is -0.157. The van der Waals surface area contributed by atoms with Crippen molar-refractivity contribution in [3.05, 3.63) is 19.0 Å². The molecule has 0 saturated carbocycles. The van der Waals surface area contributed by atoms with Gasteiger partial charge in [-0.2, -0.15) is 0 Å². The van der Waals surface area contributed by atoms with Crippen molar-refractivity contribution >= 4 is 155 Å². The molecule has 0 saturated heterocycles. The van der Waals surface area contributed by atoms with Crippen molar-refractivity contribution < 1.29 is 19.8 Å². The maximum Gasteiger partial charge on any atom is 0.318 e. The number of aliphatic carboxylic acids is 2. The Labute approximate surface area is 206 Å². The van der Waals surface area contributed by atoms with Gasteiger partial charge in [0.1, 0.15) is 11.3 Å². The maximum atomic E-state index is 12.4. The van der Waals surface area contributed by atoms with Gasteiger partial charge in [0, 0.05) is 19.0 Å². The van der Waals surface area contributed by atoms with E-state index in [1.165, 1.54) is 0 Å². The molecule has 1 rings (SSSR count). The first-order valence-corrected chi connectivity index (χ1v) is 12.3. The first-order valence-electron chi connectivity index (χ1n) is 5.17. The summed E-state index contributed by atoms with van der Waals surface area (Å²) in [5.41, 5.74) is -1.82. The molecule has 0 aromatic carbocycles. The van der Waals surface area contributed by atoms with Crippen LogP contribution >= 0.6 is 143 Å². The van der Waals surface area contributed by atoms with Crippen molar-refractivity contribution in [1.82, 2.24) is 0 Å². The number of carbonyl (C=O) groups is 2. The number of halogens is 9. The molecule has 0 aromatic rings. The van der Waals surface area contributed by atoms with Gasteiger partial charge in [-0.3, -0.25) is 9.59 Å². The number of hydrogen-bond donors (Lipinski definition) is 2. The van der Waals surface area contributed by atoms with Crippen LogP contribution in [0, 0.1) is 11.3 Å². The van der Waals surface area contributed by atoms with Crippen LogP contribution in [-0.4, -0.2) is 26.4 Å². The fraction of sp³-hybridized carbons (Fsp3) is 0.400. The molecule has 1 aliphatic carbocycles. The second-order valence-corrected chi connectivity index (χ2v) is 20.2. The Morgan fingerprint density at radius 1 is 0.913 bits per heavy atom. The summed E-state index contributed by atoms with van der Waals surface area (Å²) >= 11 is 29.5. The van der Waals surface area contributed by atoms with Gasteiger partial charge < -0.3 is 10.2 Å². The standard InChI is InChI=1S/C10H3Br9O4/c11-2-1(6(20)21)8(7(22)23,10(17,18)19)5(9(14,15)16)4(13)3(2)12/h1H,(H,20,21)(H,22,23). The van der Waals surface area contributed by atoms with Crippen molar-refractivity contribution in [3.8, 4) is 0 Å². The summed E-state index contributed by atoms with van der Waals surface area (Å²) in [4.78, 5) is 24.3. The zero-order chi connectivity index (χ0) is 18.5. The van der Waals surface area contributed by atoms with E-state index in [2.05, 4.69) is 143 Å². The van der Waals surface area contributed by atoms with Crippen molar-refractivity contribution in [3.63, 3.8) is 0 Å². The Hall–Kier alpha value is 2.74. The summed E-state index contributed by atoms with van der Waals surface area (Å²) in [5, 5.41) is 19.8. The summed E-state index contributed by atoms with van der Waals surface area (Å²) in [6.07, 6.45) is 0. The zero-order valence-electron chi connectivity index (χ0n) is 10.2. The monoisotopic (exact) mass is 897 g/mol. The summed E-state index contributed by atoms with van der Waals surface area (Å²) in [6.45, 7) is 0. The average Bonchev–Trinajstić information content (AvgIpc) is 2.30. The summed E-state index contributed by atoms with van der Waals surface area (Å²) in [7, 11) is 0. The van der Waals surface area contributed by atoms with E-state index in [0.717, 1.165) is 0 Å². The molecule has 2 unspecified atom stereocenters. The molecule has 0 fully saturated rings. The molecule has 0 aromatic heterocycles. The van der Waals surface area contributed by atoms with E-state index in [1.807, 2.05) is 0 Å². The average molecular weight is 906 g/mol. The Bertz CT molecular complexity index is 627. The lowest BCUT2D eigenvalue weighted by Gasteiger charge is -2.47. The molecule has 0 amide bonds. The van der Waals surface area contributed by atoms with Gasteiger partial charge in [-0.05, 0) is 31.9 Å². The first-order chi connectivity index (χ1) is 10.1. The maximum absolute atomic E-state index is 12.4. The fourth-order valence-electron chi connectivity index (χ4n) is 2.15. The SMILES string of the molecule is O=C(O)C1C(Br)=C(Br)C(Br)=C(C(Br)(Br)Br)C1(C(=O)O)C(Br)(Br)Br. The quantitative estimate of drug-likeness (QED) is 0.291. The van der Waals surface area contributed by atoms with E-state index >= 15 is 0 Å². The lowest BCUT2D eigenvalue weighted by atomic mass is 9.69. The number of carboxylic acid groups (broad SMARTS) is 2. The van der Waals surface area contributed by atoms with Gasteiger partial charge in [-0.1, -0.05) is 112 Å². The topological polar surface area (TPSA) is 74.6 Å². The van der Waals surface area contributed by atoms with Crippen molar-refractivity contribution in [2.45, 2.75) is 4.29 Å². The molecule has 0 spiro atoms. The van der Waals surface area contributed by atoms with Gasteiger partial charge in [0.2, 0.25) is 0 Å². The van der Waals surface area contributed by atoms with Crippen LogP contribution in [0.15, 0.2) is 19.0 Å². The van der Waals surface area contributed by atoms with Crippen LogP contribution in [0.3, 0.4) is 0 Å². The Kier molecular flexibility index (Phi) is 8.27. The number of rotatable bonds is 2. The molecule has 0 bridgehead atoms. The molecule has 130 valence electrons. The first kappa shape index (κ1) is 23.8. The minimum Gasteiger partial charge on any atom is -0.481 e. The third-order valence-electron chi connectivity index (χ3n) is 3.02. The molecule has 1 aliphatic rings. The molecular formula is C10H3Br9O4. The second-order valence-electron chi connectivity index (χ2n) is 4.23. The van der Waals surface area contributed by atoms with E-state index in [1.54, 1.807) is 0 Å². The highest BCUT2D eigenvalue weighted by Crippen LogP contribution is 2.69. The lowest BCUT2D eigenvalue weighted by Crippen LogP contribution is -2.56. The second kappa shape index (κ2) is 8.00. The van der Waals surface area contributed by atoms with Crippen LogP contribution < -0.4 is 0 Å².